The largest absolute Gasteiger partial charge is 0.339 e. The molecule has 1 amide bonds. The van der Waals surface area contributed by atoms with Gasteiger partial charge in [-0.05, 0) is 44.6 Å². The molecule has 1 aromatic heterocycles. The number of rotatable bonds is 4. The molecule has 0 bridgehead atoms. The SMILES string of the molecule is CN1CCN(C(=O)C(C2CC2)C2CC2)C[C@H]1c1nccn1C. The standard InChI is InChI=1S/C17H26N4O/c1-19-9-10-21(11-14(19)16-18-7-8-20(16)2)17(22)15(12-3-4-12)13-5-6-13/h7-8,12-15H,3-6,9-11H2,1-2H3/t14-/m0/s1. The average molecular weight is 302 g/mol. The third-order valence-electron chi connectivity index (χ3n) is 5.66. The minimum atomic E-state index is 0.219. The number of nitrogens with zero attached hydrogens (tertiary/aromatic N) is 4. The summed E-state index contributed by atoms with van der Waals surface area (Å²) in [4.78, 5) is 22.0. The molecule has 0 aromatic carbocycles. The Morgan fingerprint density at radius 1 is 1.18 bits per heavy atom. The lowest BCUT2D eigenvalue weighted by molar-refractivity contribution is -0.140. The molecule has 2 aliphatic carbocycles. The van der Waals surface area contributed by atoms with E-state index >= 15 is 0 Å². The van der Waals surface area contributed by atoms with E-state index < -0.39 is 0 Å². The predicted octanol–water partition coefficient (Wildman–Crippen LogP) is 1.67. The maximum absolute atomic E-state index is 13.0. The number of aryl methyl sites for hydroxylation is 1. The number of carbonyl (C=O) groups excluding carboxylic acids is 1. The Kier molecular flexibility index (Phi) is 3.48. The van der Waals surface area contributed by atoms with E-state index in [1.54, 1.807) is 0 Å². The molecule has 1 aromatic rings. The van der Waals surface area contributed by atoms with Crippen molar-refractivity contribution in [2.75, 3.05) is 26.7 Å². The average Bonchev–Trinajstić information content (AvgIpc) is 3.42. The molecule has 22 heavy (non-hydrogen) atoms. The van der Waals surface area contributed by atoms with Crippen molar-refractivity contribution in [2.24, 2.45) is 24.8 Å². The van der Waals surface area contributed by atoms with E-state index in [-0.39, 0.29) is 6.04 Å². The van der Waals surface area contributed by atoms with Crippen LogP contribution in [0.3, 0.4) is 0 Å². The fraction of sp³-hybridized carbons (Fsp3) is 0.765. The van der Waals surface area contributed by atoms with Crippen LogP contribution in [0.15, 0.2) is 12.4 Å². The molecule has 0 unspecified atom stereocenters. The molecular weight excluding hydrogens is 276 g/mol. The van der Waals surface area contributed by atoms with Gasteiger partial charge >= 0.3 is 0 Å². The van der Waals surface area contributed by atoms with Crippen LogP contribution in [-0.2, 0) is 11.8 Å². The van der Waals surface area contributed by atoms with Gasteiger partial charge in [-0.15, -0.1) is 0 Å². The van der Waals surface area contributed by atoms with Crippen LogP contribution in [0.1, 0.15) is 37.5 Å². The molecule has 1 aliphatic heterocycles. The van der Waals surface area contributed by atoms with Crippen LogP contribution >= 0.6 is 0 Å². The van der Waals surface area contributed by atoms with Gasteiger partial charge in [0.05, 0.1) is 6.04 Å². The number of aromatic nitrogens is 2. The number of likely N-dealkylation sites (N-methyl/N-ethyl adjacent to an activating group) is 1. The molecule has 1 saturated heterocycles. The highest BCUT2D eigenvalue weighted by molar-refractivity contribution is 5.80. The Bertz CT molecular complexity index is 549. The van der Waals surface area contributed by atoms with Crippen LogP contribution in [0.25, 0.3) is 0 Å². The van der Waals surface area contributed by atoms with Crippen molar-refractivity contribution in [3.05, 3.63) is 18.2 Å². The maximum Gasteiger partial charge on any atom is 0.226 e. The van der Waals surface area contributed by atoms with Crippen molar-refractivity contribution < 1.29 is 4.79 Å². The highest BCUT2D eigenvalue weighted by Crippen LogP contribution is 2.50. The second-order valence-corrected chi connectivity index (χ2v) is 7.38. The highest BCUT2D eigenvalue weighted by atomic mass is 16.2. The van der Waals surface area contributed by atoms with Gasteiger partial charge in [0.15, 0.2) is 0 Å². The first kappa shape index (κ1) is 14.2. The number of amides is 1. The first-order valence-corrected chi connectivity index (χ1v) is 8.61. The van der Waals surface area contributed by atoms with E-state index in [0.717, 1.165) is 25.5 Å². The molecule has 120 valence electrons. The van der Waals surface area contributed by atoms with Crippen LogP contribution in [0.4, 0.5) is 0 Å². The monoisotopic (exact) mass is 302 g/mol. The fourth-order valence-corrected chi connectivity index (χ4v) is 3.96. The van der Waals surface area contributed by atoms with E-state index in [2.05, 4.69) is 26.4 Å². The van der Waals surface area contributed by atoms with Crippen LogP contribution in [0.5, 0.6) is 0 Å². The van der Waals surface area contributed by atoms with Crippen LogP contribution in [0.2, 0.25) is 0 Å². The molecule has 5 nitrogen and oxygen atoms in total. The topological polar surface area (TPSA) is 41.4 Å². The zero-order chi connectivity index (χ0) is 15.3. The quantitative estimate of drug-likeness (QED) is 0.849. The van der Waals surface area contributed by atoms with Crippen LogP contribution < -0.4 is 0 Å². The number of hydrogen-bond donors (Lipinski definition) is 0. The molecule has 0 N–H and O–H groups in total. The molecule has 2 heterocycles. The molecule has 0 spiro atoms. The molecule has 0 radical (unpaired) electrons. The van der Waals surface area contributed by atoms with Gasteiger partial charge in [0.25, 0.3) is 0 Å². The van der Waals surface area contributed by atoms with Gasteiger partial charge in [-0.25, -0.2) is 4.98 Å². The summed E-state index contributed by atoms with van der Waals surface area (Å²) in [6.07, 6.45) is 8.90. The molecule has 1 atom stereocenters. The lowest BCUT2D eigenvalue weighted by Crippen LogP contribution is -2.51. The Hall–Kier alpha value is -1.36. The van der Waals surface area contributed by atoms with Crippen molar-refractivity contribution in [1.82, 2.24) is 19.4 Å². The molecule has 4 rings (SSSR count). The number of carbonyl (C=O) groups is 1. The van der Waals surface area contributed by atoms with Crippen molar-refractivity contribution in [1.29, 1.82) is 0 Å². The lowest BCUT2D eigenvalue weighted by atomic mass is 9.95. The smallest absolute Gasteiger partial charge is 0.226 e. The third kappa shape index (κ3) is 2.56. The van der Waals surface area contributed by atoms with E-state index in [1.807, 2.05) is 19.4 Å². The van der Waals surface area contributed by atoms with Crippen molar-refractivity contribution in [3.8, 4) is 0 Å². The minimum absolute atomic E-state index is 0.219. The van der Waals surface area contributed by atoms with Gasteiger partial charge in [0.1, 0.15) is 5.82 Å². The van der Waals surface area contributed by atoms with Crippen molar-refractivity contribution in [2.45, 2.75) is 31.7 Å². The summed E-state index contributed by atoms with van der Waals surface area (Å²) in [5.74, 6) is 3.19. The molecule has 5 heteroatoms. The van der Waals surface area contributed by atoms with Gasteiger partial charge in [0.2, 0.25) is 5.91 Å². The Labute approximate surface area is 132 Å². The first-order valence-electron chi connectivity index (χ1n) is 8.61. The normalized spacial score (nSPS) is 26.7. The van der Waals surface area contributed by atoms with E-state index in [4.69, 9.17) is 0 Å². The number of imidazole rings is 1. The van der Waals surface area contributed by atoms with Gasteiger partial charge in [0, 0.05) is 45.0 Å². The molecular formula is C17H26N4O. The second kappa shape index (κ2) is 5.37. The fourth-order valence-electron chi connectivity index (χ4n) is 3.96. The summed E-state index contributed by atoms with van der Waals surface area (Å²) in [5.41, 5.74) is 0. The van der Waals surface area contributed by atoms with E-state index in [9.17, 15) is 4.79 Å². The minimum Gasteiger partial charge on any atom is -0.339 e. The lowest BCUT2D eigenvalue weighted by Gasteiger charge is -2.40. The third-order valence-corrected chi connectivity index (χ3v) is 5.66. The van der Waals surface area contributed by atoms with Gasteiger partial charge in [-0.3, -0.25) is 9.69 Å². The second-order valence-electron chi connectivity index (χ2n) is 7.38. The summed E-state index contributed by atoms with van der Waals surface area (Å²) in [6, 6.07) is 0.219. The predicted molar refractivity (Wildman–Crippen MR) is 84.1 cm³/mol. The Balaban J connectivity index is 1.50. The van der Waals surface area contributed by atoms with E-state index in [1.165, 1.54) is 25.7 Å². The summed E-state index contributed by atoms with van der Waals surface area (Å²) < 4.78 is 2.08. The van der Waals surface area contributed by atoms with Gasteiger partial charge in [-0.2, -0.15) is 0 Å². The number of hydrogen-bond acceptors (Lipinski definition) is 3. The summed E-state index contributed by atoms with van der Waals surface area (Å²) in [5, 5.41) is 0. The first-order chi connectivity index (χ1) is 10.6. The zero-order valence-electron chi connectivity index (χ0n) is 13.6. The van der Waals surface area contributed by atoms with Crippen LogP contribution in [-0.4, -0.2) is 51.9 Å². The molecule has 3 fully saturated rings. The Morgan fingerprint density at radius 2 is 1.86 bits per heavy atom. The van der Waals surface area contributed by atoms with Crippen molar-refractivity contribution in [3.63, 3.8) is 0 Å². The van der Waals surface area contributed by atoms with Gasteiger partial charge in [-0.1, -0.05) is 0 Å². The van der Waals surface area contributed by atoms with Crippen LogP contribution in [0, 0.1) is 17.8 Å². The maximum atomic E-state index is 13.0. The summed E-state index contributed by atoms with van der Waals surface area (Å²) in [6.45, 7) is 2.59. The zero-order valence-corrected chi connectivity index (χ0v) is 13.6. The summed E-state index contributed by atoms with van der Waals surface area (Å²) >= 11 is 0. The number of piperazine rings is 1. The summed E-state index contributed by atoms with van der Waals surface area (Å²) in [7, 11) is 4.18. The van der Waals surface area contributed by atoms with Gasteiger partial charge < -0.3 is 9.47 Å². The molecule has 2 saturated carbocycles. The highest BCUT2D eigenvalue weighted by Gasteiger charge is 2.47. The van der Waals surface area contributed by atoms with E-state index in [0.29, 0.717) is 23.7 Å². The Morgan fingerprint density at radius 3 is 2.41 bits per heavy atom. The van der Waals surface area contributed by atoms with Crippen molar-refractivity contribution >= 4 is 5.91 Å². The molecule has 3 aliphatic rings.